The molecule has 3 nitrogen and oxygen atoms in total. The molecule has 4 heteroatoms. The maximum atomic E-state index is 13.7. The van der Waals surface area contributed by atoms with Gasteiger partial charge in [0.15, 0.2) is 5.16 Å². The summed E-state index contributed by atoms with van der Waals surface area (Å²) in [6.45, 7) is 5.04. The van der Waals surface area contributed by atoms with Gasteiger partial charge in [0.2, 0.25) is 0 Å². The maximum absolute atomic E-state index is 13.7. The van der Waals surface area contributed by atoms with Crippen LogP contribution >= 0.6 is 11.8 Å². The summed E-state index contributed by atoms with van der Waals surface area (Å²) >= 11 is 1.55. The first-order valence-electron chi connectivity index (χ1n) is 9.89. The van der Waals surface area contributed by atoms with Crippen LogP contribution in [0.2, 0.25) is 0 Å². The van der Waals surface area contributed by atoms with Crippen molar-refractivity contribution in [2.24, 2.45) is 0 Å². The van der Waals surface area contributed by atoms with Crippen LogP contribution in [0, 0.1) is 0 Å². The van der Waals surface area contributed by atoms with E-state index in [1.165, 1.54) is 11.1 Å². The van der Waals surface area contributed by atoms with Gasteiger partial charge in [0.25, 0.3) is 5.56 Å². The van der Waals surface area contributed by atoms with Crippen LogP contribution in [0.5, 0.6) is 0 Å². The molecule has 1 aliphatic rings. The number of hydrogen-bond acceptors (Lipinski definition) is 3. The van der Waals surface area contributed by atoms with E-state index >= 15 is 0 Å². The number of benzene rings is 2. The highest BCUT2D eigenvalue weighted by Crippen LogP contribution is 2.42. The van der Waals surface area contributed by atoms with Crippen molar-refractivity contribution >= 4 is 11.8 Å². The first kappa shape index (κ1) is 19.0. The molecule has 0 bridgehead atoms. The van der Waals surface area contributed by atoms with Gasteiger partial charge in [-0.3, -0.25) is 9.36 Å². The van der Waals surface area contributed by atoms with Crippen molar-refractivity contribution in [2.75, 3.05) is 6.26 Å². The highest BCUT2D eigenvalue weighted by Gasteiger charge is 2.38. The summed E-state index contributed by atoms with van der Waals surface area (Å²) in [5, 5.41) is 0.801. The van der Waals surface area contributed by atoms with E-state index in [0.29, 0.717) is 6.54 Å². The van der Waals surface area contributed by atoms with Crippen LogP contribution in [0.1, 0.15) is 37.0 Å². The summed E-state index contributed by atoms with van der Waals surface area (Å²) in [5.41, 5.74) is 5.37. The fourth-order valence-corrected chi connectivity index (χ4v) is 4.81. The van der Waals surface area contributed by atoms with E-state index in [1.807, 2.05) is 35.1 Å². The Labute approximate surface area is 170 Å². The fraction of sp³-hybridized carbons (Fsp3) is 0.333. The van der Waals surface area contributed by atoms with Gasteiger partial charge in [-0.05, 0) is 36.6 Å². The molecule has 28 heavy (non-hydrogen) atoms. The van der Waals surface area contributed by atoms with Crippen molar-refractivity contribution in [1.29, 1.82) is 0 Å². The summed E-state index contributed by atoms with van der Waals surface area (Å²) in [6.07, 6.45) is 4.64. The van der Waals surface area contributed by atoms with Gasteiger partial charge < -0.3 is 0 Å². The molecule has 4 rings (SSSR count). The summed E-state index contributed by atoms with van der Waals surface area (Å²) in [7, 11) is 0. The number of aryl methyl sites for hydroxylation is 1. The SMILES string of the molecule is CC[C@@]1(C)Cc2ccccc2-c2nc(SC)n(CCc3ccccc3)c(=O)c21. The van der Waals surface area contributed by atoms with Crippen LogP contribution in [-0.4, -0.2) is 15.8 Å². The molecular weight excluding hydrogens is 364 g/mol. The number of rotatable bonds is 5. The molecule has 1 aromatic heterocycles. The minimum atomic E-state index is -0.181. The predicted octanol–water partition coefficient (Wildman–Crippen LogP) is 5.10. The molecule has 0 amide bonds. The van der Waals surface area contributed by atoms with Gasteiger partial charge in [-0.25, -0.2) is 4.98 Å². The van der Waals surface area contributed by atoms with Crippen LogP contribution in [0.4, 0.5) is 0 Å². The minimum Gasteiger partial charge on any atom is -0.287 e. The van der Waals surface area contributed by atoms with Gasteiger partial charge in [0.05, 0.1) is 11.3 Å². The molecule has 0 radical (unpaired) electrons. The molecule has 1 atom stereocenters. The van der Waals surface area contributed by atoms with Crippen molar-refractivity contribution in [2.45, 2.75) is 50.2 Å². The van der Waals surface area contributed by atoms with Crippen LogP contribution in [-0.2, 0) is 24.8 Å². The lowest BCUT2D eigenvalue weighted by atomic mass is 9.69. The third-order valence-corrected chi connectivity index (χ3v) is 6.70. The van der Waals surface area contributed by atoms with E-state index in [1.54, 1.807) is 11.8 Å². The molecule has 144 valence electrons. The Morgan fingerprint density at radius 3 is 2.54 bits per heavy atom. The lowest BCUT2D eigenvalue weighted by Crippen LogP contribution is -2.40. The quantitative estimate of drug-likeness (QED) is 0.449. The third-order valence-electron chi connectivity index (χ3n) is 6.02. The molecule has 0 aliphatic heterocycles. The zero-order chi connectivity index (χ0) is 19.7. The van der Waals surface area contributed by atoms with E-state index < -0.39 is 0 Å². The van der Waals surface area contributed by atoms with Crippen LogP contribution in [0.25, 0.3) is 11.3 Å². The standard InChI is InChI=1S/C24H26N2OS/c1-4-24(2)16-18-12-8-9-13-19(18)21-20(24)22(27)26(23(25-21)28-3)15-14-17-10-6-5-7-11-17/h5-13H,4,14-16H2,1-3H3/t24-/m0/s1. The minimum absolute atomic E-state index is 0.129. The van der Waals surface area contributed by atoms with E-state index in [4.69, 9.17) is 4.98 Å². The molecule has 3 aromatic rings. The molecule has 2 aromatic carbocycles. The van der Waals surface area contributed by atoms with Crippen LogP contribution < -0.4 is 5.56 Å². The van der Waals surface area contributed by atoms with Gasteiger partial charge in [0.1, 0.15) is 0 Å². The van der Waals surface area contributed by atoms with Crippen LogP contribution in [0.15, 0.2) is 64.5 Å². The lowest BCUT2D eigenvalue weighted by Gasteiger charge is -2.35. The number of nitrogens with zero attached hydrogens (tertiary/aromatic N) is 2. The fourth-order valence-electron chi connectivity index (χ4n) is 4.23. The molecule has 0 fully saturated rings. The average molecular weight is 391 g/mol. The number of aromatic nitrogens is 2. The summed E-state index contributed by atoms with van der Waals surface area (Å²) in [6, 6.07) is 18.7. The summed E-state index contributed by atoms with van der Waals surface area (Å²) in [4.78, 5) is 18.7. The third kappa shape index (κ3) is 3.20. The number of hydrogen-bond donors (Lipinski definition) is 0. The number of fused-ring (bicyclic) bond motifs is 3. The van der Waals surface area contributed by atoms with Crippen molar-refractivity contribution in [3.8, 4) is 11.3 Å². The van der Waals surface area contributed by atoms with Gasteiger partial charge in [-0.2, -0.15) is 0 Å². The highest BCUT2D eigenvalue weighted by atomic mass is 32.2. The second kappa shape index (κ2) is 7.59. The van der Waals surface area contributed by atoms with E-state index in [9.17, 15) is 4.79 Å². The molecule has 0 saturated heterocycles. The predicted molar refractivity (Wildman–Crippen MR) is 117 cm³/mol. The van der Waals surface area contributed by atoms with Gasteiger partial charge in [0, 0.05) is 17.5 Å². The second-order valence-electron chi connectivity index (χ2n) is 7.76. The molecule has 0 unspecified atom stereocenters. The topological polar surface area (TPSA) is 34.9 Å². The Balaban J connectivity index is 1.87. The largest absolute Gasteiger partial charge is 0.287 e. The van der Waals surface area contributed by atoms with E-state index in [0.717, 1.165) is 41.2 Å². The summed E-state index contributed by atoms with van der Waals surface area (Å²) < 4.78 is 1.89. The molecule has 0 spiro atoms. The van der Waals surface area contributed by atoms with Crippen molar-refractivity contribution in [3.63, 3.8) is 0 Å². The first-order valence-corrected chi connectivity index (χ1v) is 11.1. The molecule has 0 N–H and O–H groups in total. The van der Waals surface area contributed by atoms with Gasteiger partial charge in [-0.1, -0.05) is 80.2 Å². The molecule has 1 heterocycles. The van der Waals surface area contributed by atoms with E-state index in [-0.39, 0.29) is 11.0 Å². The Hall–Kier alpha value is -2.33. The first-order chi connectivity index (χ1) is 13.6. The Morgan fingerprint density at radius 2 is 1.82 bits per heavy atom. The monoisotopic (exact) mass is 390 g/mol. The highest BCUT2D eigenvalue weighted by molar-refractivity contribution is 7.98. The average Bonchev–Trinajstić information content (AvgIpc) is 2.73. The zero-order valence-electron chi connectivity index (χ0n) is 16.7. The zero-order valence-corrected chi connectivity index (χ0v) is 17.6. The Morgan fingerprint density at radius 1 is 1.11 bits per heavy atom. The molecule has 0 saturated carbocycles. The normalized spacial score (nSPS) is 17.8. The molecule has 1 aliphatic carbocycles. The Bertz CT molecular complexity index is 1060. The smallest absolute Gasteiger partial charge is 0.258 e. The van der Waals surface area contributed by atoms with Gasteiger partial charge >= 0.3 is 0 Å². The van der Waals surface area contributed by atoms with Crippen molar-refractivity contribution < 1.29 is 0 Å². The van der Waals surface area contributed by atoms with Crippen LogP contribution in [0.3, 0.4) is 0 Å². The van der Waals surface area contributed by atoms with Gasteiger partial charge in [-0.15, -0.1) is 0 Å². The molecular formula is C24H26N2OS. The van der Waals surface area contributed by atoms with Crippen molar-refractivity contribution in [3.05, 3.63) is 81.6 Å². The second-order valence-corrected chi connectivity index (χ2v) is 8.54. The number of thioether (sulfide) groups is 1. The Kier molecular flexibility index (Phi) is 5.15. The van der Waals surface area contributed by atoms with E-state index in [2.05, 4.69) is 44.2 Å². The lowest BCUT2D eigenvalue weighted by molar-refractivity contribution is 0.427. The summed E-state index contributed by atoms with van der Waals surface area (Å²) in [5.74, 6) is 0. The van der Waals surface area contributed by atoms with Crippen molar-refractivity contribution in [1.82, 2.24) is 9.55 Å². The maximum Gasteiger partial charge on any atom is 0.258 e.